The van der Waals surface area contributed by atoms with Crippen LogP contribution in [0.1, 0.15) is 16.1 Å². The Morgan fingerprint density at radius 1 is 1.12 bits per heavy atom. The lowest BCUT2D eigenvalue weighted by atomic mass is 10.2. The van der Waals surface area contributed by atoms with Gasteiger partial charge in [0, 0.05) is 32.2 Å². The van der Waals surface area contributed by atoms with Crippen LogP contribution in [-0.2, 0) is 11.3 Å². The number of amides is 1. The van der Waals surface area contributed by atoms with Gasteiger partial charge in [-0.25, -0.2) is 19.6 Å². The van der Waals surface area contributed by atoms with Crippen molar-refractivity contribution in [3.63, 3.8) is 0 Å². The highest BCUT2D eigenvalue weighted by atomic mass is 35.5. The Balaban J connectivity index is 1.55. The van der Waals surface area contributed by atoms with Gasteiger partial charge in [-0.1, -0.05) is 30.3 Å². The predicted octanol–water partition coefficient (Wildman–Crippen LogP) is 2.29. The molecule has 0 atom stereocenters. The van der Waals surface area contributed by atoms with E-state index in [2.05, 4.69) is 9.97 Å². The molecule has 2 aromatic rings. The van der Waals surface area contributed by atoms with Crippen LogP contribution in [0.4, 0.5) is 10.6 Å². The number of nitrogens with zero attached hydrogens (tertiary/aromatic N) is 4. The number of carboxylic acid groups (broad SMARTS) is 1. The van der Waals surface area contributed by atoms with Crippen molar-refractivity contribution in [3.8, 4) is 0 Å². The fourth-order valence-electron chi connectivity index (χ4n) is 2.61. The predicted molar refractivity (Wildman–Crippen MR) is 94.4 cm³/mol. The Hall–Kier alpha value is -2.87. The monoisotopic (exact) mass is 376 g/mol. The number of aromatic carboxylic acids is 1. The number of ether oxygens (including phenoxy) is 1. The van der Waals surface area contributed by atoms with Gasteiger partial charge < -0.3 is 19.6 Å². The summed E-state index contributed by atoms with van der Waals surface area (Å²) in [6.07, 6.45) is -0.375. The molecule has 136 valence electrons. The molecule has 0 radical (unpaired) electrons. The minimum Gasteiger partial charge on any atom is -0.477 e. The summed E-state index contributed by atoms with van der Waals surface area (Å²) in [4.78, 5) is 34.5. The molecule has 1 aromatic heterocycles. The van der Waals surface area contributed by atoms with Crippen LogP contribution in [0.3, 0.4) is 0 Å². The molecule has 2 heterocycles. The smallest absolute Gasteiger partial charge is 0.410 e. The second kappa shape index (κ2) is 8.01. The van der Waals surface area contributed by atoms with E-state index in [1.54, 1.807) is 4.90 Å². The highest BCUT2D eigenvalue weighted by molar-refractivity contribution is 6.28. The Labute approximate surface area is 155 Å². The highest BCUT2D eigenvalue weighted by Crippen LogP contribution is 2.18. The number of hydrogen-bond acceptors (Lipinski definition) is 6. The van der Waals surface area contributed by atoms with Gasteiger partial charge in [0.15, 0.2) is 5.69 Å². The largest absolute Gasteiger partial charge is 0.477 e. The number of benzene rings is 1. The number of carbonyl (C=O) groups excluding carboxylic acids is 1. The molecule has 3 rings (SSSR count). The summed E-state index contributed by atoms with van der Waals surface area (Å²) in [5.74, 6) is -0.738. The first-order valence-electron chi connectivity index (χ1n) is 8.01. The fraction of sp³-hybridized carbons (Fsp3) is 0.294. The number of hydrogen-bond donors (Lipinski definition) is 1. The maximum atomic E-state index is 12.2. The first kappa shape index (κ1) is 17.9. The van der Waals surface area contributed by atoms with E-state index in [1.165, 1.54) is 6.07 Å². The first-order chi connectivity index (χ1) is 12.5. The molecule has 1 saturated heterocycles. The lowest BCUT2D eigenvalue weighted by Crippen LogP contribution is -2.49. The van der Waals surface area contributed by atoms with Crippen LogP contribution in [0.25, 0.3) is 0 Å². The average molecular weight is 377 g/mol. The van der Waals surface area contributed by atoms with Gasteiger partial charge >= 0.3 is 12.1 Å². The summed E-state index contributed by atoms with van der Waals surface area (Å²) in [6.45, 7) is 2.10. The summed E-state index contributed by atoms with van der Waals surface area (Å²) < 4.78 is 5.32. The van der Waals surface area contributed by atoms with Gasteiger partial charge in [-0.3, -0.25) is 0 Å². The minimum atomic E-state index is -1.17. The number of carboxylic acids is 1. The molecule has 9 heteroatoms. The van der Waals surface area contributed by atoms with Crippen molar-refractivity contribution in [2.24, 2.45) is 0 Å². The van der Waals surface area contributed by atoms with Crippen molar-refractivity contribution in [3.05, 3.63) is 52.9 Å². The molecule has 1 amide bonds. The Morgan fingerprint density at radius 3 is 2.46 bits per heavy atom. The van der Waals surface area contributed by atoms with Crippen LogP contribution in [0.15, 0.2) is 36.4 Å². The average Bonchev–Trinajstić information content (AvgIpc) is 2.66. The topological polar surface area (TPSA) is 95.9 Å². The number of aromatic nitrogens is 2. The molecular formula is C17H17ClN4O4. The molecule has 0 saturated carbocycles. The first-order valence-corrected chi connectivity index (χ1v) is 8.39. The Kier molecular flexibility index (Phi) is 5.52. The van der Waals surface area contributed by atoms with Crippen molar-refractivity contribution < 1.29 is 19.4 Å². The third-order valence-electron chi connectivity index (χ3n) is 3.97. The second-order valence-electron chi connectivity index (χ2n) is 5.70. The minimum absolute atomic E-state index is 0.121. The zero-order chi connectivity index (χ0) is 18.5. The second-order valence-corrected chi connectivity index (χ2v) is 6.04. The van der Waals surface area contributed by atoms with Gasteiger partial charge in [0.05, 0.1) is 0 Å². The summed E-state index contributed by atoms with van der Waals surface area (Å²) in [6, 6.07) is 10.8. The summed E-state index contributed by atoms with van der Waals surface area (Å²) >= 11 is 5.80. The van der Waals surface area contributed by atoms with Crippen LogP contribution in [0, 0.1) is 0 Å². The molecule has 1 aliphatic rings. The standard InChI is InChI=1S/C17H17ClN4O4/c18-16-19-13(15(23)24)10-14(20-16)21-6-8-22(9-7-21)17(25)26-11-12-4-2-1-3-5-12/h1-5,10H,6-9,11H2,(H,23,24). The third-order valence-corrected chi connectivity index (χ3v) is 4.14. The number of carbonyl (C=O) groups is 2. The molecule has 1 fully saturated rings. The third kappa shape index (κ3) is 4.40. The lowest BCUT2D eigenvalue weighted by molar-refractivity contribution is 0.0690. The number of rotatable bonds is 4. The Bertz CT molecular complexity index is 795. The van der Waals surface area contributed by atoms with E-state index < -0.39 is 5.97 Å². The van der Waals surface area contributed by atoms with Crippen molar-refractivity contribution >= 4 is 29.5 Å². The maximum absolute atomic E-state index is 12.2. The van der Waals surface area contributed by atoms with Crippen LogP contribution < -0.4 is 4.90 Å². The van der Waals surface area contributed by atoms with Crippen molar-refractivity contribution in [2.45, 2.75) is 6.61 Å². The molecule has 0 aliphatic carbocycles. The van der Waals surface area contributed by atoms with E-state index >= 15 is 0 Å². The molecule has 1 aromatic carbocycles. The summed E-state index contributed by atoms with van der Waals surface area (Å²) in [5.41, 5.74) is 0.765. The molecule has 0 spiro atoms. The van der Waals surface area contributed by atoms with Gasteiger partial charge in [-0.05, 0) is 17.2 Å². The zero-order valence-corrected chi connectivity index (χ0v) is 14.6. The van der Waals surface area contributed by atoms with E-state index in [4.69, 9.17) is 21.4 Å². The van der Waals surface area contributed by atoms with Crippen molar-refractivity contribution in [1.82, 2.24) is 14.9 Å². The zero-order valence-electron chi connectivity index (χ0n) is 13.8. The van der Waals surface area contributed by atoms with Crippen LogP contribution in [0.2, 0.25) is 5.28 Å². The van der Waals surface area contributed by atoms with E-state index in [-0.39, 0.29) is 23.7 Å². The van der Waals surface area contributed by atoms with Gasteiger partial charge in [-0.2, -0.15) is 0 Å². The SMILES string of the molecule is O=C(O)c1cc(N2CCN(C(=O)OCc3ccccc3)CC2)nc(Cl)n1. The highest BCUT2D eigenvalue weighted by Gasteiger charge is 2.24. The van der Waals surface area contributed by atoms with Gasteiger partial charge in [-0.15, -0.1) is 0 Å². The van der Waals surface area contributed by atoms with E-state index in [0.717, 1.165) is 5.56 Å². The molecule has 0 bridgehead atoms. The Morgan fingerprint density at radius 2 is 1.81 bits per heavy atom. The van der Waals surface area contributed by atoms with Gasteiger partial charge in [0.1, 0.15) is 12.4 Å². The quantitative estimate of drug-likeness (QED) is 0.818. The van der Waals surface area contributed by atoms with E-state index in [0.29, 0.717) is 32.0 Å². The van der Waals surface area contributed by atoms with Gasteiger partial charge in [0.25, 0.3) is 0 Å². The molecule has 26 heavy (non-hydrogen) atoms. The molecule has 1 N–H and O–H groups in total. The maximum Gasteiger partial charge on any atom is 0.410 e. The lowest BCUT2D eigenvalue weighted by Gasteiger charge is -2.34. The van der Waals surface area contributed by atoms with Crippen LogP contribution in [-0.4, -0.2) is 58.2 Å². The molecule has 8 nitrogen and oxygen atoms in total. The van der Waals surface area contributed by atoms with Crippen molar-refractivity contribution in [2.75, 3.05) is 31.1 Å². The summed E-state index contributed by atoms with van der Waals surface area (Å²) in [5, 5.41) is 8.94. The molecule has 0 unspecified atom stereocenters. The molecular weight excluding hydrogens is 360 g/mol. The number of anilines is 1. The number of halogens is 1. The van der Waals surface area contributed by atoms with Crippen molar-refractivity contribution in [1.29, 1.82) is 0 Å². The molecule has 1 aliphatic heterocycles. The van der Waals surface area contributed by atoms with E-state index in [9.17, 15) is 9.59 Å². The van der Waals surface area contributed by atoms with Gasteiger partial charge in [0.2, 0.25) is 5.28 Å². The van der Waals surface area contributed by atoms with E-state index in [1.807, 2.05) is 35.2 Å². The number of piperazine rings is 1. The van der Waals surface area contributed by atoms with Crippen LogP contribution >= 0.6 is 11.6 Å². The summed E-state index contributed by atoms with van der Waals surface area (Å²) in [7, 11) is 0. The normalized spacial score (nSPS) is 14.2. The fourth-order valence-corrected chi connectivity index (χ4v) is 2.78. The van der Waals surface area contributed by atoms with Crippen LogP contribution in [0.5, 0.6) is 0 Å².